The van der Waals surface area contributed by atoms with Crippen molar-refractivity contribution in [2.75, 3.05) is 11.6 Å². The maximum Gasteiger partial charge on any atom is 0.189 e. The van der Waals surface area contributed by atoms with Crippen molar-refractivity contribution in [3.8, 4) is 21.8 Å². The van der Waals surface area contributed by atoms with E-state index in [1.165, 1.54) is 11.8 Å². The molecule has 0 amide bonds. The van der Waals surface area contributed by atoms with E-state index in [9.17, 15) is 0 Å². The number of anilines is 2. The van der Waals surface area contributed by atoms with E-state index < -0.39 is 0 Å². The Balaban J connectivity index is 1.53. The Kier molecular flexibility index (Phi) is 4.75. The van der Waals surface area contributed by atoms with Crippen LogP contribution in [0.25, 0.3) is 32.7 Å². The molecule has 0 saturated carbocycles. The molecule has 0 bridgehead atoms. The molecular formula is C22H17N5S2. The molecule has 0 aliphatic rings. The molecule has 0 fully saturated rings. The van der Waals surface area contributed by atoms with Crippen LogP contribution in [0.4, 0.5) is 11.5 Å². The minimum Gasteiger partial charge on any atom is -0.340 e. The smallest absolute Gasteiger partial charge is 0.189 e. The van der Waals surface area contributed by atoms with E-state index in [0.717, 1.165) is 49.4 Å². The summed E-state index contributed by atoms with van der Waals surface area (Å²) in [4.78, 5) is 10.4. The van der Waals surface area contributed by atoms with Crippen molar-refractivity contribution < 1.29 is 0 Å². The number of thiophene rings is 1. The zero-order chi connectivity index (χ0) is 19.6. The van der Waals surface area contributed by atoms with Gasteiger partial charge in [0, 0.05) is 22.7 Å². The molecule has 3 aromatic heterocycles. The summed E-state index contributed by atoms with van der Waals surface area (Å²) in [7, 11) is 0. The Morgan fingerprint density at radius 3 is 2.66 bits per heavy atom. The molecule has 0 atom stereocenters. The van der Waals surface area contributed by atoms with Gasteiger partial charge in [0.15, 0.2) is 5.16 Å². The molecule has 0 aliphatic carbocycles. The lowest BCUT2D eigenvalue weighted by Gasteiger charge is -2.10. The van der Waals surface area contributed by atoms with Gasteiger partial charge in [0.25, 0.3) is 0 Å². The molecule has 0 unspecified atom stereocenters. The summed E-state index contributed by atoms with van der Waals surface area (Å²) in [5.74, 6) is 0.767. The lowest BCUT2D eigenvalue weighted by molar-refractivity contribution is 0.981. The predicted octanol–water partition coefficient (Wildman–Crippen LogP) is 6.21. The van der Waals surface area contributed by atoms with Crippen LogP contribution in [0.5, 0.6) is 0 Å². The fraction of sp³-hybridized carbons (Fsp3) is 0.0455. The third kappa shape index (κ3) is 3.62. The van der Waals surface area contributed by atoms with Crippen molar-refractivity contribution in [3.05, 3.63) is 72.1 Å². The predicted molar refractivity (Wildman–Crippen MR) is 122 cm³/mol. The number of nitrogens with zero attached hydrogens (tertiary/aromatic N) is 3. The maximum absolute atomic E-state index is 4.65. The molecule has 7 heteroatoms. The van der Waals surface area contributed by atoms with Crippen LogP contribution in [0.1, 0.15) is 0 Å². The fourth-order valence-corrected chi connectivity index (χ4v) is 4.29. The Morgan fingerprint density at radius 2 is 1.86 bits per heavy atom. The zero-order valence-corrected chi connectivity index (χ0v) is 17.2. The first kappa shape index (κ1) is 17.9. The number of rotatable bonds is 5. The van der Waals surface area contributed by atoms with Gasteiger partial charge in [-0.2, -0.15) is 5.10 Å². The number of nitrogens with one attached hydrogen (secondary N) is 2. The van der Waals surface area contributed by atoms with E-state index in [4.69, 9.17) is 0 Å². The minimum atomic E-state index is 0.734. The Bertz CT molecular complexity index is 1260. The Morgan fingerprint density at radius 1 is 0.966 bits per heavy atom. The number of thioether (sulfide) groups is 1. The van der Waals surface area contributed by atoms with Gasteiger partial charge in [-0.25, -0.2) is 9.97 Å². The van der Waals surface area contributed by atoms with Gasteiger partial charge >= 0.3 is 0 Å². The summed E-state index contributed by atoms with van der Waals surface area (Å²) in [6, 6.07) is 22.4. The Labute approximate surface area is 176 Å². The standard InChI is InChI=1S/C22H17N5S2/c1-28-22-24-18(14-6-3-2-4-7-14)13-20(25-22)23-15-9-10-17-16(12-15)21(27-26-17)19-8-5-11-29-19/h2-13H,1H3,(H,26,27)(H,23,24,25). The molecule has 142 valence electrons. The first-order valence-corrected chi connectivity index (χ1v) is 11.2. The molecule has 3 heterocycles. The number of aromatic nitrogens is 4. The molecule has 2 aromatic carbocycles. The summed E-state index contributed by atoms with van der Waals surface area (Å²) in [5, 5.41) is 14.9. The fourth-order valence-electron chi connectivity index (χ4n) is 3.18. The number of hydrogen-bond acceptors (Lipinski definition) is 6. The number of aromatic amines is 1. The normalized spacial score (nSPS) is 11.1. The van der Waals surface area contributed by atoms with Gasteiger partial charge < -0.3 is 5.32 Å². The van der Waals surface area contributed by atoms with E-state index in [1.54, 1.807) is 11.3 Å². The summed E-state index contributed by atoms with van der Waals surface area (Å²) < 4.78 is 0. The molecule has 0 aliphatic heterocycles. The minimum absolute atomic E-state index is 0.734. The summed E-state index contributed by atoms with van der Waals surface area (Å²) >= 11 is 3.21. The van der Waals surface area contributed by atoms with E-state index >= 15 is 0 Å². The molecular weight excluding hydrogens is 398 g/mol. The highest BCUT2D eigenvalue weighted by atomic mass is 32.2. The van der Waals surface area contributed by atoms with Gasteiger partial charge in [-0.05, 0) is 35.9 Å². The second-order valence-electron chi connectivity index (χ2n) is 6.43. The average molecular weight is 416 g/mol. The van der Waals surface area contributed by atoms with E-state index in [-0.39, 0.29) is 0 Å². The van der Waals surface area contributed by atoms with Crippen LogP contribution in [0, 0.1) is 0 Å². The summed E-state index contributed by atoms with van der Waals surface area (Å²) in [6.45, 7) is 0. The molecule has 0 saturated heterocycles. The van der Waals surface area contributed by atoms with E-state index in [1.807, 2.05) is 48.7 Å². The van der Waals surface area contributed by atoms with Crippen molar-refractivity contribution in [3.63, 3.8) is 0 Å². The van der Waals surface area contributed by atoms with Crippen molar-refractivity contribution in [1.29, 1.82) is 0 Å². The highest BCUT2D eigenvalue weighted by molar-refractivity contribution is 7.98. The zero-order valence-electron chi connectivity index (χ0n) is 15.6. The monoisotopic (exact) mass is 415 g/mol. The third-order valence-corrected chi connectivity index (χ3v) is 5.97. The van der Waals surface area contributed by atoms with Crippen LogP contribution in [-0.4, -0.2) is 26.4 Å². The van der Waals surface area contributed by atoms with Gasteiger partial charge in [0.2, 0.25) is 0 Å². The Hall–Kier alpha value is -3.16. The molecule has 0 radical (unpaired) electrons. The maximum atomic E-state index is 4.65. The van der Waals surface area contributed by atoms with Crippen molar-refractivity contribution in [2.45, 2.75) is 5.16 Å². The van der Waals surface area contributed by atoms with Gasteiger partial charge in [-0.15, -0.1) is 11.3 Å². The van der Waals surface area contributed by atoms with Crippen molar-refractivity contribution >= 4 is 45.5 Å². The summed E-state index contributed by atoms with van der Waals surface area (Å²) in [5.41, 5.74) is 4.91. The molecule has 29 heavy (non-hydrogen) atoms. The van der Waals surface area contributed by atoms with E-state index in [2.05, 4.69) is 55.1 Å². The highest BCUT2D eigenvalue weighted by Gasteiger charge is 2.11. The SMILES string of the molecule is CSc1nc(Nc2ccc3[nH]nc(-c4cccs4)c3c2)cc(-c2ccccc2)n1. The first-order chi connectivity index (χ1) is 14.3. The molecule has 2 N–H and O–H groups in total. The van der Waals surface area contributed by atoms with E-state index in [0.29, 0.717) is 0 Å². The average Bonchev–Trinajstić information content (AvgIpc) is 3.43. The van der Waals surface area contributed by atoms with Crippen LogP contribution >= 0.6 is 23.1 Å². The van der Waals surface area contributed by atoms with Gasteiger partial charge in [-0.3, -0.25) is 5.10 Å². The molecule has 5 aromatic rings. The van der Waals surface area contributed by atoms with Crippen LogP contribution in [-0.2, 0) is 0 Å². The number of hydrogen-bond donors (Lipinski definition) is 2. The summed E-state index contributed by atoms with van der Waals surface area (Å²) in [6.07, 6.45) is 1.98. The van der Waals surface area contributed by atoms with Gasteiger partial charge in [0.1, 0.15) is 11.5 Å². The molecule has 5 rings (SSSR count). The lowest BCUT2D eigenvalue weighted by Crippen LogP contribution is -1.98. The van der Waals surface area contributed by atoms with Crippen molar-refractivity contribution in [1.82, 2.24) is 20.2 Å². The second-order valence-corrected chi connectivity index (χ2v) is 8.15. The number of benzene rings is 2. The topological polar surface area (TPSA) is 66.5 Å². The number of H-pyrrole nitrogens is 1. The second kappa shape index (κ2) is 7.69. The van der Waals surface area contributed by atoms with Crippen LogP contribution in [0.2, 0.25) is 0 Å². The van der Waals surface area contributed by atoms with Crippen LogP contribution < -0.4 is 5.32 Å². The largest absolute Gasteiger partial charge is 0.340 e. The number of fused-ring (bicyclic) bond motifs is 1. The van der Waals surface area contributed by atoms with Crippen molar-refractivity contribution in [2.24, 2.45) is 0 Å². The highest BCUT2D eigenvalue weighted by Crippen LogP contribution is 2.32. The quantitative estimate of drug-likeness (QED) is 0.264. The third-order valence-electron chi connectivity index (χ3n) is 4.55. The van der Waals surface area contributed by atoms with Crippen LogP contribution in [0.15, 0.2) is 77.3 Å². The van der Waals surface area contributed by atoms with Crippen LogP contribution in [0.3, 0.4) is 0 Å². The molecule has 0 spiro atoms. The van der Waals surface area contributed by atoms with Gasteiger partial charge in [0.05, 0.1) is 16.1 Å². The lowest BCUT2D eigenvalue weighted by atomic mass is 10.1. The molecule has 5 nitrogen and oxygen atoms in total. The first-order valence-electron chi connectivity index (χ1n) is 9.08. The van der Waals surface area contributed by atoms with Gasteiger partial charge in [-0.1, -0.05) is 48.2 Å².